The molecule has 2 aliphatic rings. The number of nitrogens with one attached hydrogen (secondary N) is 2. The average Bonchev–Trinajstić information content (AvgIpc) is 3.39. The molecule has 4 rings (SSSR count). The lowest BCUT2D eigenvalue weighted by molar-refractivity contribution is -0.139. The summed E-state index contributed by atoms with van der Waals surface area (Å²) in [5, 5.41) is 15.0. The fraction of sp³-hybridized carbons (Fsp3) is 0.444. The van der Waals surface area contributed by atoms with Gasteiger partial charge in [0.15, 0.2) is 0 Å². The molecule has 0 aliphatic heterocycles. The molecule has 0 heterocycles. The maximum atomic E-state index is 13.0. The van der Waals surface area contributed by atoms with Crippen molar-refractivity contribution in [3.63, 3.8) is 0 Å². The number of carboxylic acids is 1. The normalized spacial score (nSPS) is 16.9. The third-order valence-electron chi connectivity index (χ3n) is 6.97. The zero-order valence-corrected chi connectivity index (χ0v) is 19.5. The molecule has 2 aromatic rings. The zero-order chi connectivity index (χ0) is 24.1. The van der Waals surface area contributed by atoms with Crippen molar-refractivity contribution in [1.82, 2.24) is 10.6 Å². The smallest absolute Gasteiger partial charge is 0.407 e. The van der Waals surface area contributed by atoms with Crippen LogP contribution in [0, 0.1) is 0 Å². The van der Waals surface area contributed by atoms with E-state index in [4.69, 9.17) is 4.74 Å². The molecule has 2 aliphatic carbocycles. The van der Waals surface area contributed by atoms with Gasteiger partial charge in [0.25, 0.3) is 0 Å². The lowest BCUT2D eigenvalue weighted by atomic mass is 9.92. The predicted octanol–water partition coefficient (Wildman–Crippen LogP) is 4.60. The van der Waals surface area contributed by atoms with Crippen LogP contribution in [-0.4, -0.2) is 41.3 Å². The largest absolute Gasteiger partial charge is 0.481 e. The van der Waals surface area contributed by atoms with Crippen LogP contribution in [0.2, 0.25) is 0 Å². The summed E-state index contributed by atoms with van der Waals surface area (Å²) >= 11 is 0. The number of benzene rings is 2. The lowest BCUT2D eigenvalue weighted by Crippen LogP contribution is -2.55. The highest BCUT2D eigenvalue weighted by Crippen LogP contribution is 2.44. The first-order valence-electron chi connectivity index (χ1n) is 12.1. The second kappa shape index (κ2) is 10.3. The standard InChI is InChI=1S/C27H32N2O5/c1-2-9-23(25(32)29-27(16-24(30)31)14-7-8-15-27)28-26(33)34-17-22-20-12-5-3-10-18(20)19-11-4-6-13-21(19)22/h3-6,10-13,22-23H,2,7-9,14-17H2,1H3,(H,28,33)(H,29,32)(H,30,31). The number of amides is 2. The number of alkyl carbamates (subject to hydrolysis) is 1. The minimum absolute atomic E-state index is 0.0612. The Labute approximate surface area is 199 Å². The van der Waals surface area contributed by atoms with E-state index in [0.29, 0.717) is 25.7 Å². The molecule has 0 saturated heterocycles. The summed E-state index contributed by atoms with van der Waals surface area (Å²) < 4.78 is 5.60. The molecule has 1 unspecified atom stereocenters. The first-order valence-corrected chi connectivity index (χ1v) is 12.1. The summed E-state index contributed by atoms with van der Waals surface area (Å²) in [4.78, 5) is 37.1. The maximum absolute atomic E-state index is 13.0. The highest BCUT2D eigenvalue weighted by molar-refractivity contribution is 5.87. The van der Waals surface area contributed by atoms with Crippen LogP contribution >= 0.6 is 0 Å². The number of rotatable bonds is 9. The van der Waals surface area contributed by atoms with Gasteiger partial charge in [-0.2, -0.15) is 0 Å². The highest BCUT2D eigenvalue weighted by atomic mass is 16.5. The fourth-order valence-corrected chi connectivity index (χ4v) is 5.38. The number of hydrogen-bond acceptors (Lipinski definition) is 4. The van der Waals surface area contributed by atoms with Crippen molar-refractivity contribution in [2.45, 2.75) is 69.4 Å². The number of carboxylic acid groups (broad SMARTS) is 1. The summed E-state index contributed by atoms with van der Waals surface area (Å²) in [5.41, 5.74) is 3.80. The van der Waals surface area contributed by atoms with Crippen molar-refractivity contribution in [2.24, 2.45) is 0 Å². The molecule has 0 spiro atoms. The second-order valence-corrected chi connectivity index (χ2v) is 9.36. The summed E-state index contributed by atoms with van der Waals surface area (Å²) in [7, 11) is 0. The average molecular weight is 465 g/mol. The van der Waals surface area contributed by atoms with Crippen molar-refractivity contribution in [3.8, 4) is 11.1 Å². The van der Waals surface area contributed by atoms with Gasteiger partial charge in [0.05, 0.1) is 12.0 Å². The molecule has 2 amide bonds. The van der Waals surface area contributed by atoms with E-state index < -0.39 is 23.6 Å². The van der Waals surface area contributed by atoms with Gasteiger partial charge in [0, 0.05) is 5.92 Å². The molecule has 1 atom stereocenters. The number of ether oxygens (including phenoxy) is 1. The van der Waals surface area contributed by atoms with E-state index in [1.54, 1.807) is 0 Å². The minimum Gasteiger partial charge on any atom is -0.481 e. The molecular weight excluding hydrogens is 432 g/mol. The van der Waals surface area contributed by atoms with E-state index in [9.17, 15) is 19.5 Å². The molecule has 0 radical (unpaired) electrons. The topological polar surface area (TPSA) is 105 Å². The first kappa shape index (κ1) is 23.8. The van der Waals surface area contributed by atoms with Crippen LogP contribution in [0.5, 0.6) is 0 Å². The molecule has 7 heteroatoms. The van der Waals surface area contributed by atoms with Crippen molar-refractivity contribution in [1.29, 1.82) is 0 Å². The Hall–Kier alpha value is -3.35. The number of hydrogen-bond donors (Lipinski definition) is 3. The Bertz CT molecular complexity index is 1010. The molecule has 0 bridgehead atoms. The third kappa shape index (κ3) is 5.08. The Balaban J connectivity index is 1.40. The lowest BCUT2D eigenvalue weighted by Gasteiger charge is -2.31. The first-order chi connectivity index (χ1) is 16.4. The predicted molar refractivity (Wildman–Crippen MR) is 128 cm³/mol. The van der Waals surface area contributed by atoms with E-state index in [1.165, 1.54) is 0 Å². The summed E-state index contributed by atoms with van der Waals surface area (Å²) in [6.45, 7) is 2.10. The van der Waals surface area contributed by atoms with Crippen LogP contribution in [0.1, 0.15) is 68.9 Å². The quantitative estimate of drug-likeness (QED) is 0.503. The molecule has 1 fully saturated rings. The van der Waals surface area contributed by atoms with Crippen LogP contribution < -0.4 is 10.6 Å². The third-order valence-corrected chi connectivity index (χ3v) is 6.97. The molecule has 2 aromatic carbocycles. The van der Waals surface area contributed by atoms with Crippen molar-refractivity contribution in [2.75, 3.05) is 6.61 Å². The van der Waals surface area contributed by atoms with Gasteiger partial charge in [-0.25, -0.2) is 4.79 Å². The monoisotopic (exact) mass is 464 g/mol. The highest BCUT2D eigenvalue weighted by Gasteiger charge is 2.39. The van der Waals surface area contributed by atoms with Gasteiger partial charge in [-0.15, -0.1) is 0 Å². The van der Waals surface area contributed by atoms with Gasteiger partial charge in [-0.1, -0.05) is 74.7 Å². The van der Waals surface area contributed by atoms with Gasteiger partial charge in [0.1, 0.15) is 12.6 Å². The Morgan fingerprint density at radius 2 is 1.62 bits per heavy atom. The molecule has 1 saturated carbocycles. The van der Waals surface area contributed by atoms with Crippen molar-refractivity contribution >= 4 is 18.0 Å². The number of carbonyl (C=O) groups is 3. The van der Waals surface area contributed by atoms with Crippen LogP contribution in [0.25, 0.3) is 11.1 Å². The Morgan fingerprint density at radius 1 is 1.03 bits per heavy atom. The van der Waals surface area contributed by atoms with Gasteiger partial charge >= 0.3 is 12.1 Å². The number of aliphatic carboxylic acids is 1. The van der Waals surface area contributed by atoms with Crippen LogP contribution in [0.15, 0.2) is 48.5 Å². The van der Waals surface area contributed by atoms with E-state index >= 15 is 0 Å². The van der Waals surface area contributed by atoms with Crippen LogP contribution in [0.4, 0.5) is 4.79 Å². The van der Waals surface area contributed by atoms with Gasteiger partial charge < -0.3 is 20.5 Å². The van der Waals surface area contributed by atoms with E-state index in [0.717, 1.165) is 35.1 Å². The molecular formula is C27H32N2O5. The molecule has 180 valence electrons. The van der Waals surface area contributed by atoms with E-state index in [-0.39, 0.29) is 24.9 Å². The second-order valence-electron chi connectivity index (χ2n) is 9.36. The molecule has 34 heavy (non-hydrogen) atoms. The maximum Gasteiger partial charge on any atom is 0.407 e. The number of carbonyl (C=O) groups excluding carboxylic acids is 2. The molecule has 0 aromatic heterocycles. The zero-order valence-electron chi connectivity index (χ0n) is 19.5. The minimum atomic E-state index is -0.932. The molecule has 3 N–H and O–H groups in total. The van der Waals surface area contributed by atoms with Gasteiger partial charge in [-0.3, -0.25) is 9.59 Å². The van der Waals surface area contributed by atoms with Gasteiger partial charge in [-0.05, 0) is 41.5 Å². The van der Waals surface area contributed by atoms with Crippen molar-refractivity contribution < 1.29 is 24.2 Å². The Kier molecular flexibility index (Phi) is 7.20. The number of fused-ring (bicyclic) bond motifs is 3. The summed E-state index contributed by atoms with van der Waals surface area (Å²) in [6, 6.07) is 15.5. The van der Waals surface area contributed by atoms with Crippen molar-refractivity contribution in [3.05, 3.63) is 59.7 Å². The summed E-state index contributed by atoms with van der Waals surface area (Å²) in [5.74, 6) is -1.34. The van der Waals surface area contributed by atoms with E-state index in [2.05, 4.69) is 34.9 Å². The summed E-state index contributed by atoms with van der Waals surface area (Å²) in [6.07, 6.45) is 3.41. The SMILES string of the molecule is CCCC(NC(=O)OCC1c2ccccc2-c2ccccc21)C(=O)NC1(CC(=O)O)CCCC1. The fourth-order valence-electron chi connectivity index (χ4n) is 5.38. The Morgan fingerprint density at radius 3 is 2.18 bits per heavy atom. The van der Waals surface area contributed by atoms with Crippen LogP contribution in [-0.2, 0) is 14.3 Å². The molecule has 7 nitrogen and oxygen atoms in total. The van der Waals surface area contributed by atoms with E-state index in [1.807, 2.05) is 31.2 Å². The van der Waals surface area contributed by atoms with Crippen LogP contribution in [0.3, 0.4) is 0 Å². The van der Waals surface area contributed by atoms with Gasteiger partial charge in [0.2, 0.25) is 5.91 Å².